The van der Waals surface area contributed by atoms with E-state index in [1.807, 2.05) is 0 Å². The lowest BCUT2D eigenvalue weighted by molar-refractivity contribution is 0.0693. The lowest BCUT2D eigenvalue weighted by Gasteiger charge is -2.05. The van der Waals surface area contributed by atoms with Gasteiger partial charge in [0.25, 0.3) is 5.56 Å². The van der Waals surface area contributed by atoms with Crippen molar-refractivity contribution in [2.75, 3.05) is 7.05 Å². The van der Waals surface area contributed by atoms with Crippen molar-refractivity contribution in [1.29, 1.82) is 0 Å². The first-order chi connectivity index (χ1) is 6.56. The Morgan fingerprint density at radius 1 is 1.79 bits per heavy atom. The molecule has 0 spiro atoms. The predicted molar refractivity (Wildman–Crippen MR) is 51.9 cm³/mol. The van der Waals surface area contributed by atoms with Crippen molar-refractivity contribution in [1.82, 2.24) is 14.9 Å². The molecule has 14 heavy (non-hydrogen) atoms. The number of carboxylic acids is 1. The molecule has 0 fully saturated rings. The van der Waals surface area contributed by atoms with E-state index in [4.69, 9.17) is 17.3 Å². The highest BCUT2D eigenvalue weighted by molar-refractivity contribution is 7.71. The highest BCUT2D eigenvalue weighted by atomic mass is 32.1. The van der Waals surface area contributed by atoms with Crippen LogP contribution in [0.2, 0.25) is 0 Å². The van der Waals surface area contributed by atoms with E-state index in [-0.39, 0.29) is 10.3 Å². The van der Waals surface area contributed by atoms with Gasteiger partial charge < -0.3 is 15.0 Å². The summed E-state index contributed by atoms with van der Waals surface area (Å²) in [6.45, 7) is 0.343. The van der Waals surface area contributed by atoms with Crippen molar-refractivity contribution >= 4 is 18.2 Å². The Morgan fingerprint density at radius 3 is 2.93 bits per heavy atom. The fourth-order valence-corrected chi connectivity index (χ4v) is 1.16. The molecule has 0 radical (unpaired) electrons. The van der Waals surface area contributed by atoms with E-state index in [9.17, 15) is 9.59 Å². The molecule has 0 aliphatic carbocycles. The van der Waals surface area contributed by atoms with E-state index < -0.39 is 11.5 Å². The number of aromatic amines is 1. The third-order valence-corrected chi connectivity index (χ3v) is 1.91. The van der Waals surface area contributed by atoms with Gasteiger partial charge in [-0.25, -0.2) is 4.79 Å². The van der Waals surface area contributed by atoms with Gasteiger partial charge in [0.05, 0.1) is 6.67 Å². The van der Waals surface area contributed by atoms with Gasteiger partial charge in [-0.1, -0.05) is 0 Å². The van der Waals surface area contributed by atoms with Crippen LogP contribution in [-0.4, -0.2) is 27.7 Å². The van der Waals surface area contributed by atoms with Gasteiger partial charge in [0.2, 0.25) is 0 Å². The first-order valence-corrected chi connectivity index (χ1v) is 4.18. The maximum atomic E-state index is 11.1. The maximum absolute atomic E-state index is 11.1. The summed E-state index contributed by atoms with van der Waals surface area (Å²) in [4.78, 5) is 24.0. The van der Waals surface area contributed by atoms with Crippen LogP contribution in [0, 0.1) is 4.77 Å². The first kappa shape index (κ1) is 10.6. The number of nitrogens with zero attached hydrogens (tertiary/aromatic N) is 1. The van der Waals surface area contributed by atoms with Gasteiger partial charge in [0, 0.05) is 6.20 Å². The predicted octanol–water partition coefficient (Wildman–Crippen LogP) is -0.219. The summed E-state index contributed by atoms with van der Waals surface area (Å²) in [6.07, 6.45) is 1.21. The summed E-state index contributed by atoms with van der Waals surface area (Å²) in [5.41, 5.74) is -1.01. The number of carbonyl (C=O) groups is 1. The van der Waals surface area contributed by atoms with Gasteiger partial charge in [-0.3, -0.25) is 9.78 Å². The van der Waals surface area contributed by atoms with Gasteiger partial charge in [-0.2, -0.15) is 0 Å². The normalized spacial score (nSPS) is 10.1. The van der Waals surface area contributed by atoms with Crippen LogP contribution >= 0.6 is 12.2 Å². The number of rotatable bonds is 3. The quantitative estimate of drug-likeness (QED) is 0.607. The van der Waals surface area contributed by atoms with Crippen molar-refractivity contribution in [2.24, 2.45) is 0 Å². The monoisotopic (exact) mass is 215 g/mol. The number of hydrogen-bond acceptors (Lipinski definition) is 4. The lowest BCUT2D eigenvalue weighted by Crippen LogP contribution is -2.24. The van der Waals surface area contributed by atoms with Gasteiger partial charge in [-0.05, 0) is 19.3 Å². The minimum absolute atomic E-state index is 0.189. The Bertz CT molecular complexity index is 462. The molecule has 0 aliphatic rings. The molecule has 1 rings (SSSR count). The molecule has 1 aromatic heterocycles. The number of aromatic carboxylic acids is 1. The fraction of sp³-hybridized carbons (Fsp3) is 0.286. The number of hydrogen-bond donors (Lipinski definition) is 3. The molecule has 6 nitrogen and oxygen atoms in total. The molecule has 76 valence electrons. The molecule has 7 heteroatoms. The number of nitrogens with one attached hydrogen (secondary N) is 2. The largest absolute Gasteiger partial charge is 0.477 e. The second-order valence-electron chi connectivity index (χ2n) is 2.59. The van der Waals surface area contributed by atoms with E-state index in [1.165, 1.54) is 10.8 Å². The lowest BCUT2D eigenvalue weighted by atomic mass is 10.3. The Morgan fingerprint density at radius 2 is 2.43 bits per heavy atom. The third kappa shape index (κ3) is 2.06. The van der Waals surface area contributed by atoms with E-state index in [0.717, 1.165) is 0 Å². The van der Waals surface area contributed by atoms with Crippen molar-refractivity contribution in [3.8, 4) is 0 Å². The van der Waals surface area contributed by atoms with Gasteiger partial charge in [-0.15, -0.1) is 0 Å². The molecule has 0 aromatic carbocycles. The number of H-pyrrole nitrogens is 1. The summed E-state index contributed by atoms with van der Waals surface area (Å²) in [6, 6.07) is 0. The summed E-state index contributed by atoms with van der Waals surface area (Å²) >= 11 is 4.83. The Balaban J connectivity index is 3.35. The smallest absolute Gasteiger partial charge is 0.342 e. The van der Waals surface area contributed by atoms with E-state index in [1.54, 1.807) is 7.05 Å². The minimum atomic E-state index is -1.27. The SMILES string of the molecule is CNCn1cc(C(=O)O)c(=O)[nH]c1=S. The Kier molecular flexibility index (Phi) is 3.15. The molecule has 0 aliphatic heterocycles. The summed E-state index contributed by atoms with van der Waals surface area (Å²) < 4.78 is 1.62. The van der Waals surface area contributed by atoms with E-state index in [0.29, 0.717) is 6.67 Å². The Hall–Kier alpha value is -1.47. The first-order valence-electron chi connectivity index (χ1n) is 3.78. The molecule has 1 heterocycles. The average Bonchev–Trinajstić information content (AvgIpc) is 2.09. The summed E-state index contributed by atoms with van der Waals surface area (Å²) in [5, 5.41) is 11.5. The van der Waals surface area contributed by atoms with Crippen molar-refractivity contribution < 1.29 is 9.90 Å². The van der Waals surface area contributed by atoms with Crippen LogP contribution in [0.3, 0.4) is 0 Å². The van der Waals surface area contributed by atoms with Crippen LogP contribution in [-0.2, 0) is 6.67 Å². The van der Waals surface area contributed by atoms with E-state index >= 15 is 0 Å². The summed E-state index contributed by atoms with van der Waals surface area (Å²) in [5.74, 6) is -1.27. The topological polar surface area (TPSA) is 87.1 Å². The Labute approximate surface area is 84.2 Å². The van der Waals surface area contributed by atoms with Crippen LogP contribution in [0.1, 0.15) is 10.4 Å². The molecule has 0 unspecified atom stereocenters. The zero-order valence-electron chi connectivity index (χ0n) is 7.40. The number of aromatic nitrogens is 2. The molecule has 0 amide bonds. The highest BCUT2D eigenvalue weighted by Crippen LogP contribution is 1.92. The van der Waals surface area contributed by atoms with Crippen LogP contribution in [0.5, 0.6) is 0 Å². The highest BCUT2D eigenvalue weighted by Gasteiger charge is 2.09. The van der Waals surface area contributed by atoms with Crippen molar-refractivity contribution in [3.63, 3.8) is 0 Å². The van der Waals surface area contributed by atoms with Gasteiger partial charge in [0.1, 0.15) is 5.56 Å². The van der Waals surface area contributed by atoms with Crippen molar-refractivity contribution in [2.45, 2.75) is 6.67 Å². The molecule has 0 saturated heterocycles. The van der Waals surface area contributed by atoms with E-state index in [2.05, 4.69) is 10.3 Å². The zero-order chi connectivity index (χ0) is 10.7. The maximum Gasteiger partial charge on any atom is 0.342 e. The molecule has 1 aromatic rings. The van der Waals surface area contributed by atoms with Gasteiger partial charge >= 0.3 is 5.97 Å². The van der Waals surface area contributed by atoms with Crippen molar-refractivity contribution in [3.05, 3.63) is 26.9 Å². The molecular weight excluding hydrogens is 206 g/mol. The number of carboxylic acid groups (broad SMARTS) is 1. The standard InChI is InChI=1S/C7H9N3O3S/c1-8-3-10-2-4(6(12)13)5(11)9-7(10)14/h2,8H,3H2,1H3,(H,12,13)(H,9,11,14). The molecule has 3 N–H and O–H groups in total. The molecular formula is C7H9N3O3S. The van der Waals surface area contributed by atoms with Crippen LogP contribution in [0.15, 0.2) is 11.0 Å². The van der Waals surface area contributed by atoms with Crippen LogP contribution < -0.4 is 10.9 Å². The fourth-order valence-electron chi connectivity index (χ4n) is 0.949. The zero-order valence-corrected chi connectivity index (χ0v) is 8.22. The molecule has 0 bridgehead atoms. The average molecular weight is 215 g/mol. The minimum Gasteiger partial charge on any atom is -0.477 e. The van der Waals surface area contributed by atoms with Crippen LogP contribution in [0.25, 0.3) is 0 Å². The molecule has 0 saturated carbocycles. The second-order valence-corrected chi connectivity index (χ2v) is 2.98. The third-order valence-electron chi connectivity index (χ3n) is 1.57. The summed E-state index contributed by atoms with van der Waals surface area (Å²) in [7, 11) is 1.69. The van der Waals surface area contributed by atoms with Crippen LogP contribution in [0.4, 0.5) is 0 Å². The second kappa shape index (κ2) is 4.16. The van der Waals surface area contributed by atoms with Gasteiger partial charge in [0.15, 0.2) is 4.77 Å². The molecule has 0 atom stereocenters.